The number of ether oxygens (including phenoxy) is 1. The van der Waals surface area contributed by atoms with Gasteiger partial charge in [-0.05, 0) is 76.1 Å². The summed E-state index contributed by atoms with van der Waals surface area (Å²) >= 11 is 0. The van der Waals surface area contributed by atoms with Gasteiger partial charge in [0.2, 0.25) is 10.0 Å². The number of sulfonamides is 1. The number of nitrogens with zero attached hydrogens (tertiary/aromatic N) is 1. The van der Waals surface area contributed by atoms with Gasteiger partial charge < -0.3 is 15.0 Å². The highest BCUT2D eigenvalue weighted by Crippen LogP contribution is 2.23. The van der Waals surface area contributed by atoms with Gasteiger partial charge in [0.15, 0.2) is 0 Å². The van der Waals surface area contributed by atoms with E-state index in [9.17, 15) is 8.42 Å². The fourth-order valence-corrected chi connectivity index (χ4v) is 4.38. The molecule has 0 aliphatic carbocycles. The van der Waals surface area contributed by atoms with E-state index >= 15 is 0 Å². The van der Waals surface area contributed by atoms with Crippen molar-refractivity contribution in [2.75, 3.05) is 28.0 Å². The molecule has 0 spiro atoms. The maximum absolute atomic E-state index is 12.1. The SMILES string of the molecule is Cc1cc(CNc2ccc(N3C[C@@H](C)O[C@@H](C)C3)cc2)ccc1NS(=O)(=O)C(C)C. The molecule has 0 amide bonds. The lowest BCUT2D eigenvalue weighted by Gasteiger charge is -2.36. The molecule has 1 aliphatic heterocycles. The Labute approximate surface area is 180 Å². The third-order valence-corrected chi connectivity index (χ3v) is 7.06. The maximum Gasteiger partial charge on any atom is 0.235 e. The number of hydrogen-bond donors (Lipinski definition) is 2. The van der Waals surface area contributed by atoms with Crippen molar-refractivity contribution >= 4 is 27.1 Å². The van der Waals surface area contributed by atoms with Crippen LogP contribution in [0.5, 0.6) is 0 Å². The highest BCUT2D eigenvalue weighted by molar-refractivity contribution is 7.93. The molecule has 7 heteroatoms. The molecule has 1 fully saturated rings. The third-order valence-electron chi connectivity index (χ3n) is 5.31. The van der Waals surface area contributed by atoms with Crippen LogP contribution in [0.4, 0.5) is 17.1 Å². The van der Waals surface area contributed by atoms with Crippen LogP contribution in [0.3, 0.4) is 0 Å². The molecule has 0 radical (unpaired) electrons. The molecule has 0 bridgehead atoms. The number of anilines is 3. The van der Waals surface area contributed by atoms with Crippen molar-refractivity contribution in [1.82, 2.24) is 0 Å². The topological polar surface area (TPSA) is 70.7 Å². The molecule has 2 aromatic rings. The summed E-state index contributed by atoms with van der Waals surface area (Å²) in [4.78, 5) is 2.36. The van der Waals surface area contributed by atoms with Gasteiger partial charge in [-0.15, -0.1) is 0 Å². The van der Waals surface area contributed by atoms with E-state index in [4.69, 9.17) is 4.74 Å². The smallest absolute Gasteiger partial charge is 0.235 e. The summed E-state index contributed by atoms with van der Waals surface area (Å²) in [6.45, 7) is 12.0. The Bertz CT molecular complexity index is 948. The molecule has 1 saturated heterocycles. The molecule has 2 atom stereocenters. The van der Waals surface area contributed by atoms with Crippen molar-refractivity contribution in [2.45, 2.75) is 58.6 Å². The second-order valence-electron chi connectivity index (χ2n) is 8.41. The fraction of sp³-hybridized carbons (Fsp3) is 0.478. The minimum absolute atomic E-state index is 0.239. The first-order valence-electron chi connectivity index (χ1n) is 10.5. The number of benzene rings is 2. The average Bonchev–Trinajstić information content (AvgIpc) is 2.67. The Morgan fingerprint density at radius 3 is 2.27 bits per heavy atom. The first-order chi connectivity index (χ1) is 14.1. The number of nitrogens with one attached hydrogen (secondary N) is 2. The summed E-state index contributed by atoms with van der Waals surface area (Å²) in [5, 5.41) is 2.97. The zero-order valence-electron chi connectivity index (χ0n) is 18.5. The van der Waals surface area contributed by atoms with Crippen LogP contribution >= 0.6 is 0 Å². The van der Waals surface area contributed by atoms with E-state index in [0.29, 0.717) is 12.2 Å². The lowest BCUT2D eigenvalue weighted by atomic mass is 10.1. The van der Waals surface area contributed by atoms with E-state index in [1.54, 1.807) is 13.8 Å². The molecule has 6 nitrogen and oxygen atoms in total. The molecule has 2 N–H and O–H groups in total. The summed E-state index contributed by atoms with van der Waals surface area (Å²) in [6.07, 6.45) is 0.477. The lowest BCUT2D eigenvalue weighted by Crippen LogP contribution is -2.45. The normalized spacial score (nSPS) is 19.7. The van der Waals surface area contributed by atoms with E-state index in [2.05, 4.69) is 53.1 Å². The van der Waals surface area contributed by atoms with Crippen molar-refractivity contribution in [3.63, 3.8) is 0 Å². The second kappa shape index (κ2) is 9.27. The molecule has 3 rings (SSSR count). The minimum Gasteiger partial charge on any atom is -0.381 e. The van der Waals surface area contributed by atoms with Gasteiger partial charge in [0.1, 0.15) is 0 Å². The second-order valence-corrected chi connectivity index (χ2v) is 10.6. The van der Waals surface area contributed by atoms with Crippen molar-refractivity contribution in [1.29, 1.82) is 0 Å². The fourth-order valence-electron chi connectivity index (χ4n) is 3.60. The average molecular weight is 432 g/mol. The monoisotopic (exact) mass is 431 g/mol. The molecule has 0 saturated carbocycles. The van der Waals surface area contributed by atoms with Crippen molar-refractivity contribution in [3.05, 3.63) is 53.6 Å². The number of aryl methyl sites for hydroxylation is 1. The lowest BCUT2D eigenvalue weighted by molar-refractivity contribution is -0.00521. The minimum atomic E-state index is -3.34. The van der Waals surface area contributed by atoms with Crippen LogP contribution in [-0.2, 0) is 21.3 Å². The number of morpholine rings is 1. The van der Waals surface area contributed by atoms with Gasteiger partial charge in [0, 0.05) is 31.0 Å². The van der Waals surface area contributed by atoms with Gasteiger partial charge in [0.05, 0.1) is 23.1 Å². The van der Waals surface area contributed by atoms with Crippen molar-refractivity contribution in [3.8, 4) is 0 Å². The Morgan fingerprint density at radius 1 is 1.07 bits per heavy atom. The zero-order chi connectivity index (χ0) is 21.9. The van der Waals surface area contributed by atoms with Gasteiger partial charge in [-0.2, -0.15) is 0 Å². The molecule has 164 valence electrons. The first-order valence-corrected chi connectivity index (χ1v) is 12.0. The molecule has 2 aromatic carbocycles. The quantitative estimate of drug-likeness (QED) is 0.681. The summed E-state index contributed by atoms with van der Waals surface area (Å²) in [5.41, 5.74) is 4.89. The molecule has 1 heterocycles. The highest BCUT2D eigenvalue weighted by Gasteiger charge is 2.22. The van der Waals surface area contributed by atoms with E-state index in [1.165, 1.54) is 5.69 Å². The third kappa shape index (κ3) is 5.67. The molecule has 30 heavy (non-hydrogen) atoms. The molecule has 0 aromatic heterocycles. The van der Waals surface area contributed by atoms with Gasteiger partial charge >= 0.3 is 0 Å². The van der Waals surface area contributed by atoms with Crippen LogP contribution in [0.1, 0.15) is 38.8 Å². The predicted molar refractivity (Wildman–Crippen MR) is 125 cm³/mol. The van der Waals surface area contributed by atoms with E-state index in [-0.39, 0.29) is 12.2 Å². The highest BCUT2D eigenvalue weighted by atomic mass is 32.2. The van der Waals surface area contributed by atoms with E-state index in [0.717, 1.165) is 29.9 Å². The first kappa shape index (κ1) is 22.4. The van der Waals surface area contributed by atoms with E-state index < -0.39 is 15.3 Å². The largest absolute Gasteiger partial charge is 0.381 e. The van der Waals surface area contributed by atoms with Crippen molar-refractivity contribution < 1.29 is 13.2 Å². The summed E-state index contributed by atoms with van der Waals surface area (Å²) < 4.78 is 32.7. The van der Waals surface area contributed by atoms with Crippen LogP contribution in [0.2, 0.25) is 0 Å². The van der Waals surface area contributed by atoms with Crippen LogP contribution < -0.4 is 14.9 Å². The van der Waals surface area contributed by atoms with Gasteiger partial charge in [-0.3, -0.25) is 4.72 Å². The van der Waals surface area contributed by atoms with Gasteiger partial charge in [-0.1, -0.05) is 12.1 Å². The summed E-state index contributed by atoms with van der Waals surface area (Å²) in [6, 6.07) is 14.3. The van der Waals surface area contributed by atoms with Crippen LogP contribution in [0, 0.1) is 6.92 Å². The van der Waals surface area contributed by atoms with Crippen LogP contribution in [-0.4, -0.2) is 39.0 Å². The maximum atomic E-state index is 12.1. The number of rotatable bonds is 7. The Morgan fingerprint density at radius 2 is 1.70 bits per heavy atom. The van der Waals surface area contributed by atoms with Crippen LogP contribution in [0.15, 0.2) is 42.5 Å². The standard InChI is InChI=1S/C23H33N3O3S/c1-16(2)30(27,28)25-23-11-6-20(12-17(23)3)13-24-21-7-9-22(10-8-21)26-14-18(4)29-19(5)15-26/h6-12,16,18-19,24-25H,13-15H2,1-5H3/t18-,19+. The predicted octanol–water partition coefficient (Wildman–Crippen LogP) is 4.37. The Kier molecular flexibility index (Phi) is 6.93. The van der Waals surface area contributed by atoms with Crippen molar-refractivity contribution in [2.24, 2.45) is 0 Å². The Hall–Kier alpha value is -2.25. The van der Waals surface area contributed by atoms with Gasteiger partial charge in [0.25, 0.3) is 0 Å². The summed E-state index contributed by atoms with van der Waals surface area (Å²) in [7, 11) is -3.34. The zero-order valence-corrected chi connectivity index (χ0v) is 19.3. The molecule has 0 unspecified atom stereocenters. The van der Waals surface area contributed by atoms with Gasteiger partial charge in [-0.25, -0.2) is 8.42 Å². The number of hydrogen-bond acceptors (Lipinski definition) is 5. The summed E-state index contributed by atoms with van der Waals surface area (Å²) in [5.74, 6) is 0. The van der Waals surface area contributed by atoms with E-state index in [1.807, 2.05) is 25.1 Å². The molecular formula is C23H33N3O3S. The Balaban J connectivity index is 1.60. The molecule has 1 aliphatic rings. The molecular weight excluding hydrogens is 398 g/mol. The van der Waals surface area contributed by atoms with Crippen LogP contribution in [0.25, 0.3) is 0 Å².